The van der Waals surface area contributed by atoms with Crippen molar-refractivity contribution in [3.8, 4) is 6.19 Å². The van der Waals surface area contributed by atoms with Crippen molar-refractivity contribution >= 4 is 17.5 Å². The number of nitrogens with zero attached hydrogens (tertiary/aromatic N) is 3. The molecule has 1 aromatic carbocycles. The quantitative estimate of drug-likeness (QED) is 0.634. The molecule has 1 atom stereocenters. The molecule has 1 unspecified atom stereocenters. The van der Waals surface area contributed by atoms with Crippen molar-refractivity contribution in [2.75, 3.05) is 24.5 Å². The fourth-order valence-electron chi connectivity index (χ4n) is 3.01. The molecular formula is C19H26N4O2. The van der Waals surface area contributed by atoms with Crippen LogP contribution in [0.5, 0.6) is 0 Å². The van der Waals surface area contributed by atoms with Gasteiger partial charge in [-0.05, 0) is 50.3 Å². The summed E-state index contributed by atoms with van der Waals surface area (Å²) in [4.78, 5) is 27.8. The summed E-state index contributed by atoms with van der Waals surface area (Å²) < 4.78 is 0. The van der Waals surface area contributed by atoms with Crippen LogP contribution < -0.4 is 10.2 Å². The number of piperidine rings is 1. The molecular weight excluding hydrogens is 316 g/mol. The summed E-state index contributed by atoms with van der Waals surface area (Å²) in [6, 6.07) is 6.99. The molecule has 2 amide bonds. The van der Waals surface area contributed by atoms with Crippen molar-refractivity contribution in [3.63, 3.8) is 0 Å². The first-order valence-electron chi connectivity index (χ1n) is 8.89. The smallest absolute Gasteiger partial charge is 0.244 e. The Hall–Kier alpha value is -2.55. The fraction of sp³-hybridized carbons (Fsp3) is 0.526. The van der Waals surface area contributed by atoms with E-state index in [4.69, 9.17) is 0 Å². The van der Waals surface area contributed by atoms with Crippen LogP contribution in [0.1, 0.15) is 38.7 Å². The summed E-state index contributed by atoms with van der Waals surface area (Å²) in [6.07, 6.45) is 6.09. The number of amides is 2. The number of benzene rings is 1. The lowest BCUT2D eigenvalue weighted by Gasteiger charge is -2.29. The zero-order chi connectivity index (χ0) is 18.2. The Balaban J connectivity index is 1.93. The van der Waals surface area contributed by atoms with Crippen LogP contribution in [0.15, 0.2) is 24.3 Å². The predicted molar refractivity (Wildman–Crippen MR) is 96.8 cm³/mol. The predicted octanol–water partition coefficient (Wildman–Crippen LogP) is 2.05. The minimum absolute atomic E-state index is 0.0514. The first-order valence-corrected chi connectivity index (χ1v) is 8.89. The van der Waals surface area contributed by atoms with Crippen molar-refractivity contribution in [3.05, 3.63) is 29.8 Å². The molecule has 1 saturated heterocycles. The zero-order valence-electron chi connectivity index (χ0n) is 15.0. The SMILES string of the molecule is CCc1cccc(N(C#N)CC(=O)NC(C)C(=O)N2CCCCC2)c1. The highest BCUT2D eigenvalue weighted by molar-refractivity contribution is 5.89. The lowest BCUT2D eigenvalue weighted by molar-refractivity contribution is -0.136. The number of hydrogen-bond donors (Lipinski definition) is 1. The van der Waals surface area contributed by atoms with Gasteiger partial charge in [-0.25, -0.2) is 0 Å². The summed E-state index contributed by atoms with van der Waals surface area (Å²) in [5, 5.41) is 12.1. The van der Waals surface area contributed by atoms with Gasteiger partial charge in [0.25, 0.3) is 0 Å². The average Bonchev–Trinajstić information content (AvgIpc) is 2.66. The molecule has 1 aliphatic rings. The number of aryl methyl sites for hydroxylation is 1. The monoisotopic (exact) mass is 342 g/mol. The highest BCUT2D eigenvalue weighted by Crippen LogP contribution is 2.16. The van der Waals surface area contributed by atoms with Crippen molar-refractivity contribution in [2.24, 2.45) is 0 Å². The summed E-state index contributed by atoms with van der Waals surface area (Å²) in [5.74, 6) is -0.383. The van der Waals surface area contributed by atoms with Gasteiger partial charge in [-0.2, -0.15) is 5.26 Å². The van der Waals surface area contributed by atoms with Crippen LogP contribution in [-0.2, 0) is 16.0 Å². The minimum atomic E-state index is -0.576. The fourth-order valence-corrected chi connectivity index (χ4v) is 3.01. The molecule has 0 aromatic heterocycles. The van der Waals surface area contributed by atoms with Gasteiger partial charge in [0.2, 0.25) is 11.8 Å². The molecule has 134 valence electrons. The van der Waals surface area contributed by atoms with Crippen LogP contribution in [-0.4, -0.2) is 42.4 Å². The highest BCUT2D eigenvalue weighted by atomic mass is 16.2. The average molecular weight is 342 g/mol. The van der Waals surface area contributed by atoms with E-state index in [1.54, 1.807) is 17.9 Å². The second kappa shape index (κ2) is 9.07. The molecule has 0 aliphatic carbocycles. The van der Waals surface area contributed by atoms with Crippen LogP contribution in [0.25, 0.3) is 0 Å². The van der Waals surface area contributed by atoms with Gasteiger partial charge in [0.15, 0.2) is 6.19 Å². The largest absolute Gasteiger partial charge is 0.343 e. The molecule has 1 N–H and O–H groups in total. The number of nitrogens with one attached hydrogen (secondary N) is 1. The number of carbonyl (C=O) groups excluding carboxylic acids is 2. The third-order valence-corrected chi connectivity index (χ3v) is 4.47. The Kier molecular flexibility index (Phi) is 6.81. The van der Waals surface area contributed by atoms with E-state index < -0.39 is 6.04 Å². The van der Waals surface area contributed by atoms with Gasteiger partial charge in [0.1, 0.15) is 12.6 Å². The molecule has 0 bridgehead atoms. The molecule has 1 fully saturated rings. The Morgan fingerprint density at radius 3 is 2.68 bits per heavy atom. The van der Waals surface area contributed by atoms with Crippen LogP contribution in [0.4, 0.5) is 5.69 Å². The topological polar surface area (TPSA) is 76.4 Å². The van der Waals surface area contributed by atoms with Crippen LogP contribution in [0, 0.1) is 11.5 Å². The second-order valence-electron chi connectivity index (χ2n) is 6.38. The van der Waals surface area contributed by atoms with E-state index in [-0.39, 0.29) is 18.4 Å². The normalized spacial score (nSPS) is 15.2. The Bertz CT molecular complexity index is 647. The van der Waals surface area contributed by atoms with E-state index in [9.17, 15) is 14.9 Å². The first kappa shape index (κ1) is 18.8. The molecule has 0 radical (unpaired) electrons. The maximum Gasteiger partial charge on any atom is 0.244 e. The van der Waals surface area contributed by atoms with Crippen LogP contribution in [0.2, 0.25) is 0 Å². The van der Waals surface area contributed by atoms with E-state index >= 15 is 0 Å². The van der Waals surface area contributed by atoms with Gasteiger partial charge in [0.05, 0.1) is 5.69 Å². The van der Waals surface area contributed by atoms with E-state index in [1.807, 2.05) is 31.3 Å². The summed E-state index contributed by atoms with van der Waals surface area (Å²) >= 11 is 0. The Morgan fingerprint density at radius 2 is 2.04 bits per heavy atom. The molecule has 1 aliphatic heterocycles. The lowest BCUT2D eigenvalue weighted by atomic mass is 10.1. The lowest BCUT2D eigenvalue weighted by Crippen LogP contribution is -2.50. The van der Waals surface area contributed by atoms with Gasteiger partial charge in [-0.1, -0.05) is 19.1 Å². The van der Waals surface area contributed by atoms with E-state index in [1.165, 1.54) is 4.90 Å². The van der Waals surface area contributed by atoms with Crippen LogP contribution in [0.3, 0.4) is 0 Å². The highest BCUT2D eigenvalue weighted by Gasteiger charge is 2.24. The molecule has 25 heavy (non-hydrogen) atoms. The Labute approximate surface area is 149 Å². The van der Waals surface area contributed by atoms with Gasteiger partial charge >= 0.3 is 0 Å². The maximum absolute atomic E-state index is 12.4. The van der Waals surface area contributed by atoms with E-state index in [2.05, 4.69) is 5.32 Å². The third kappa shape index (κ3) is 5.21. The number of carbonyl (C=O) groups is 2. The van der Waals surface area contributed by atoms with Gasteiger partial charge in [0, 0.05) is 13.1 Å². The second-order valence-corrected chi connectivity index (χ2v) is 6.38. The molecule has 1 aromatic rings. The number of rotatable bonds is 6. The molecule has 6 nitrogen and oxygen atoms in total. The van der Waals surface area contributed by atoms with Crippen molar-refractivity contribution < 1.29 is 9.59 Å². The van der Waals surface area contributed by atoms with E-state index in [0.717, 1.165) is 44.3 Å². The summed E-state index contributed by atoms with van der Waals surface area (Å²) in [5.41, 5.74) is 1.79. The molecule has 6 heteroatoms. The van der Waals surface area contributed by atoms with Crippen molar-refractivity contribution in [1.82, 2.24) is 10.2 Å². The minimum Gasteiger partial charge on any atom is -0.343 e. The molecule has 2 rings (SSSR count). The van der Waals surface area contributed by atoms with Crippen LogP contribution >= 0.6 is 0 Å². The number of likely N-dealkylation sites (tertiary alicyclic amines) is 1. The van der Waals surface area contributed by atoms with Crippen molar-refractivity contribution in [1.29, 1.82) is 5.26 Å². The first-order chi connectivity index (χ1) is 12.0. The van der Waals surface area contributed by atoms with E-state index in [0.29, 0.717) is 5.69 Å². The summed E-state index contributed by atoms with van der Waals surface area (Å²) in [6.45, 7) is 5.15. The van der Waals surface area contributed by atoms with Gasteiger partial charge in [-0.3, -0.25) is 14.5 Å². The molecule has 1 heterocycles. The number of nitriles is 1. The molecule has 0 spiro atoms. The zero-order valence-corrected chi connectivity index (χ0v) is 15.0. The Morgan fingerprint density at radius 1 is 1.32 bits per heavy atom. The standard InChI is InChI=1S/C19H26N4O2/c1-3-16-8-7-9-17(12-16)23(14-20)13-18(24)21-15(2)19(25)22-10-5-4-6-11-22/h7-9,12,15H,3-6,10-11,13H2,1-2H3,(H,21,24). The van der Waals surface area contributed by atoms with Gasteiger partial charge < -0.3 is 10.2 Å². The summed E-state index contributed by atoms with van der Waals surface area (Å²) in [7, 11) is 0. The number of anilines is 1. The van der Waals surface area contributed by atoms with Crippen molar-refractivity contribution in [2.45, 2.75) is 45.6 Å². The number of hydrogen-bond acceptors (Lipinski definition) is 4. The van der Waals surface area contributed by atoms with Gasteiger partial charge in [-0.15, -0.1) is 0 Å². The molecule has 0 saturated carbocycles. The third-order valence-electron chi connectivity index (χ3n) is 4.47. The maximum atomic E-state index is 12.4.